The van der Waals surface area contributed by atoms with Crippen LogP contribution in [0.15, 0.2) is 12.1 Å². The summed E-state index contributed by atoms with van der Waals surface area (Å²) in [6.07, 6.45) is 0. The van der Waals surface area contributed by atoms with Crippen molar-refractivity contribution in [1.82, 2.24) is 10.3 Å². The molecule has 0 saturated carbocycles. The van der Waals surface area contributed by atoms with E-state index < -0.39 is 0 Å². The summed E-state index contributed by atoms with van der Waals surface area (Å²) in [5, 5.41) is 15.3. The van der Waals surface area contributed by atoms with E-state index >= 15 is 0 Å². The lowest BCUT2D eigenvalue weighted by Crippen LogP contribution is -2.51. The van der Waals surface area contributed by atoms with E-state index in [-0.39, 0.29) is 0 Å². The van der Waals surface area contributed by atoms with Gasteiger partial charge in [-0.3, -0.25) is 0 Å². The Morgan fingerprint density at radius 2 is 2.36 bits per heavy atom. The molecule has 4 heteroatoms. The minimum atomic E-state index is 0.413. The Labute approximate surface area is 83.0 Å². The minimum absolute atomic E-state index is 0.413. The number of hydrogen-bond donors (Lipinski definition) is 2. The third kappa shape index (κ3) is 1.68. The molecule has 0 amide bonds. The van der Waals surface area contributed by atoms with Crippen LogP contribution in [-0.4, -0.2) is 24.1 Å². The lowest BCUT2D eigenvalue weighted by molar-refractivity contribution is 0.471. The van der Waals surface area contributed by atoms with Gasteiger partial charge in [0.15, 0.2) is 0 Å². The van der Waals surface area contributed by atoms with Crippen LogP contribution in [0, 0.1) is 18.3 Å². The van der Waals surface area contributed by atoms with Crippen LogP contribution in [0.4, 0.5) is 5.82 Å². The molecule has 2 heterocycles. The van der Waals surface area contributed by atoms with E-state index in [1.165, 1.54) is 0 Å². The second-order valence-corrected chi connectivity index (χ2v) is 3.46. The molecule has 1 aliphatic heterocycles. The Morgan fingerprint density at radius 1 is 1.57 bits per heavy atom. The Kier molecular flexibility index (Phi) is 2.33. The quantitative estimate of drug-likeness (QED) is 0.715. The van der Waals surface area contributed by atoms with Gasteiger partial charge in [-0.25, -0.2) is 4.98 Å². The SMILES string of the molecule is Cc1ccc(C#N)c(NC2CNC2)n1. The summed E-state index contributed by atoms with van der Waals surface area (Å²) in [7, 11) is 0. The molecule has 0 unspecified atom stereocenters. The number of nitriles is 1. The second-order valence-electron chi connectivity index (χ2n) is 3.46. The lowest BCUT2D eigenvalue weighted by atomic mass is 10.1. The van der Waals surface area contributed by atoms with Crippen molar-refractivity contribution >= 4 is 5.82 Å². The maximum atomic E-state index is 8.87. The van der Waals surface area contributed by atoms with E-state index in [1.807, 2.05) is 13.0 Å². The normalized spacial score (nSPS) is 15.7. The molecule has 1 aromatic heterocycles. The van der Waals surface area contributed by atoms with Crippen molar-refractivity contribution in [2.45, 2.75) is 13.0 Å². The molecule has 1 aromatic rings. The molecule has 0 atom stereocenters. The summed E-state index contributed by atoms with van der Waals surface area (Å²) in [4.78, 5) is 4.30. The van der Waals surface area contributed by atoms with Gasteiger partial charge in [-0.1, -0.05) is 0 Å². The molecule has 0 aliphatic carbocycles. The lowest BCUT2D eigenvalue weighted by Gasteiger charge is -2.28. The van der Waals surface area contributed by atoms with Gasteiger partial charge in [-0.2, -0.15) is 5.26 Å². The van der Waals surface area contributed by atoms with E-state index in [1.54, 1.807) is 6.07 Å². The van der Waals surface area contributed by atoms with Crippen LogP contribution in [0.1, 0.15) is 11.3 Å². The van der Waals surface area contributed by atoms with Gasteiger partial charge in [0.1, 0.15) is 11.9 Å². The Morgan fingerprint density at radius 3 is 2.93 bits per heavy atom. The number of nitrogens with one attached hydrogen (secondary N) is 2. The fraction of sp³-hybridized carbons (Fsp3) is 0.400. The molecule has 2 rings (SSSR count). The van der Waals surface area contributed by atoms with Crippen LogP contribution in [0.5, 0.6) is 0 Å². The second kappa shape index (κ2) is 3.64. The maximum Gasteiger partial charge on any atom is 0.144 e. The van der Waals surface area contributed by atoms with Gasteiger partial charge >= 0.3 is 0 Å². The first-order chi connectivity index (χ1) is 6.79. The van der Waals surface area contributed by atoms with Crippen molar-refractivity contribution in [2.75, 3.05) is 18.4 Å². The topological polar surface area (TPSA) is 60.7 Å². The van der Waals surface area contributed by atoms with Gasteiger partial charge in [-0.05, 0) is 19.1 Å². The number of hydrogen-bond acceptors (Lipinski definition) is 4. The highest BCUT2D eigenvalue weighted by Crippen LogP contribution is 2.14. The largest absolute Gasteiger partial charge is 0.364 e. The first kappa shape index (κ1) is 8.97. The highest BCUT2D eigenvalue weighted by atomic mass is 15.1. The summed E-state index contributed by atoms with van der Waals surface area (Å²) in [6.45, 7) is 3.81. The first-order valence-corrected chi connectivity index (χ1v) is 4.64. The van der Waals surface area contributed by atoms with Gasteiger partial charge in [-0.15, -0.1) is 0 Å². The molecule has 1 aliphatic rings. The summed E-state index contributed by atoms with van der Waals surface area (Å²) < 4.78 is 0. The molecule has 14 heavy (non-hydrogen) atoms. The van der Waals surface area contributed by atoms with Crippen LogP contribution >= 0.6 is 0 Å². The molecule has 0 spiro atoms. The summed E-state index contributed by atoms with van der Waals surface area (Å²) in [5.74, 6) is 0.707. The van der Waals surface area contributed by atoms with Crippen molar-refractivity contribution in [2.24, 2.45) is 0 Å². The molecule has 0 radical (unpaired) electrons. The minimum Gasteiger partial charge on any atom is -0.364 e. The molecule has 72 valence electrons. The van der Waals surface area contributed by atoms with Gasteiger partial charge in [0, 0.05) is 18.8 Å². The van der Waals surface area contributed by atoms with Crippen LogP contribution in [-0.2, 0) is 0 Å². The highest BCUT2D eigenvalue weighted by molar-refractivity contribution is 5.53. The van der Waals surface area contributed by atoms with Crippen molar-refractivity contribution in [1.29, 1.82) is 5.26 Å². The average Bonchev–Trinajstić information content (AvgIpc) is 2.12. The molecule has 2 N–H and O–H groups in total. The van der Waals surface area contributed by atoms with E-state index in [0.29, 0.717) is 17.4 Å². The predicted molar refractivity (Wildman–Crippen MR) is 54.0 cm³/mol. The number of aromatic nitrogens is 1. The van der Waals surface area contributed by atoms with Gasteiger partial charge < -0.3 is 10.6 Å². The van der Waals surface area contributed by atoms with Crippen LogP contribution < -0.4 is 10.6 Å². The van der Waals surface area contributed by atoms with E-state index in [2.05, 4.69) is 21.7 Å². The molecule has 0 aromatic carbocycles. The molecule has 4 nitrogen and oxygen atoms in total. The highest BCUT2D eigenvalue weighted by Gasteiger charge is 2.17. The average molecular weight is 188 g/mol. The number of nitrogens with zero attached hydrogens (tertiary/aromatic N) is 2. The zero-order valence-electron chi connectivity index (χ0n) is 8.04. The fourth-order valence-electron chi connectivity index (χ4n) is 1.34. The summed E-state index contributed by atoms with van der Waals surface area (Å²) in [6, 6.07) is 6.20. The maximum absolute atomic E-state index is 8.87. The summed E-state index contributed by atoms with van der Waals surface area (Å²) in [5.41, 5.74) is 1.54. The Bertz CT molecular complexity index is 376. The van der Waals surface area contributed by atoms with E-state index in [9.17, 15) is 0 Å². The van der Waals surface area contributed by atoms with Crippen molar-refractivity contribution in [3.8, 4) is 6.07 Å². The molecule has 0 bridgehead atoms. The zero-order valence-corrected chi connectivity index (χ0v) is 8.04. The third-order valence-corrected chi connectivity index (χ3v) is 2.28. The Hall–Kier alpha value is -1.60. The molecular weight excluding hydrogens is 176 g/mol. The van der Waals surface area contributed by atoms with Crippen molar-refractivity contribution in [3.05, 3.63) is 23.4 Å². The van der Waals surface area contributed by atoms with Gasteiger partial charge in [0.05, 0.1) is 11.6 Å². The fourth-order valence-corrected chi connectivity index (χ4v) is 1.34. The van der Waals surface area contributed by atoms with Crippen LogP contribution in [0.2, 0.25) is 0 Å². The molecule has 1 saturated heterocycles. The zero-order chi connectivity index (χ0) is 9.97. The third-order valence-electron chi connectivity index (χ3n) is 2.28. The standard InChI is InChI=1S/C10H12N4/c1-7-2-3-8(4-11)10(13-7)14-9-5-12-6-9/h2-3,9,12H,5-6H2,1H3,(H,13,14). The van der Waals surface area contributed by atoms with E-state index in [4.69, 9.17) is 5.26 Å². The van der Waals surface area contributed by atoms with Crippen LogP contribution in [0.25, 0.3) is 0 Å². The van der Waals surface area contributed by atoms with Gasteiger partial charge in [0.2, 0.25) is 0 Å². The molecule has 1 fully saturated rings. The smallest absolute Gasteiger partial charge is 0.144 e. The Balaban J connectivity index is 2.21. The number of anilines is 1. The van der Waals surface area contributed by atoms with E-state index in [0.717, 1.165) is 18.8 Å². The number of rotatable bonds is 2. The monoisotopic (exact) mass is 188 g/mol. The predicted octanol–water partition coefficient (Wildman–Crippen LogP) is 0.645. The van der Waals surface area contributed by atoms with Gasteiger partial charge in [0.25, 0.3) is 0 Å². The number of pyridine rings is 1. The van der Waals surface area contributed by atoms with Crippen molar-refractivity contribution < 1.29 is 0 Å². The van der Waals surface area contributed by atoms with Crippen LogP contribution in [0.3, 0.4) is 0 Å². The molecular formula is C10H12N4. The first-order valence-electron chi connectivity index (χ1n) is 4.64. The van der Waals surface area contributed by atoms with Crippen molar-refractivity contribution in [3.63, 3.8) is 0 Å². The number of aryl methyl sites for hydroxylation is 1. The summed E-state index contributed by atoms with van der Waals surface area (Å²) >= 11 is 0.